The Hall–Kier alpha value is -1.05. The lowest BCUT2D eigenvalue weighted by Gasteiger charge is -2.15. The molecule has 0 aliphatic heterocycles. The van der Waals surface area contributed by atoms with Gasteiger partial charge in [0.2, 0.25) is 0 Å². The van der Waals surface area contributed by atoms with Crippen molar-refractivity contribution in [2.24, 2.45) is 11.1 Å². The van der Waals surface area contributed by atoms with Crippen molar-refractivity contribution in [2.45, 2.75) is 46.1 Å². The van der Waals surface area contributed by atoms with Crippen molar-refractivity contribution in [1.29, 1.82) is 5.26 Å². The fourth-order valence-corrected chi connectivity index (χ4v) is 2.31. The summed E-state index contributed by atoms with van der Waals surface area (Å²) in [5.74, 6) is 0.860. The number of ether oxygens (including phenoxy) is 1. The minimum absolute atomic E-state index is 0.123. The molecule has 0 radical (unpaired) electrons. The molecule has 0 aromatic heterocycles. The molecule has 4 heteroatoms. The van der Waals surface area contributed by atoms with Gasteiger partial charge in [-0.3, -0.25) is 0 Å². The van der Waals surface area contributed by atoms with Crippen molar-refractivity contribution < 1.29 is 4.74 Å². The second kappa shape index (κ2) is 7.66. The summed E-state index contributed by atoms with van der Waals surface area (Å²) in [6.45, 7) is 6.52. The summed E-state index contributed by atoms with van der Waals surface area (Å²) in [5, 5.41) is 8.95. The number of hydrogen-bond acceptors (Lipinski definition) is 3. The van der Waals surface area contributed by atoms with E-state index in [0.717, 1.165) is 35.0 Å². The second-order valence-electron chi connectivity index (χ2n) is 5.88. The highest BCUT2D eigenvalue weighted by Gasteiger charge is 2.15. The molecule has 0 aliphatic carbocycles. The second-order valence-corrected chi connectivity index (χ2v) is 6.74. The van der Waals surface area contributed by atoms with Crippen molar-refractivity contribution in [2.75, 3.05) is 6.61 Å². The number of rotatable bonds is 7. The predicted octanol–water partition coefficient (Wildman–Crippen LogP) is 4.05. The molecular weight excluding hydrogens is 316 g/mol. The quantitative estimate of drug-likeness (QED) is 0.763. The first-order valence-corrected chi connectivity index (χ1v) is 7.71. The Kier molecular flexibility index (Phi) is 6.51. The van der Waals surface area contributed by atoms with Crippen LogP contribution in [0.2, 0.25) is 0 Å². The van der Waals surface area contributed by atoms with E-state index in [1.54, 1.807) is 0 Å². The molecule has 0 bridgehead atoms. The summed E-state index contributed by atoms with van der Waals surface area (Å²) in [5.41, 5.74) is 6.72. The topological polar surface area (TPSA) is 59.0 Å². The molecule has 0 saturated heterocycles. The molecule has 110 valence electrons. The molecule has 3 nitrogen and oxygen atoms in total. The van der Waals surface area contributed by atoms with Crippen LogP contribution in [0.1, 0.15) is 39.2 Å². The minimum atomic E-state index is -0.275. The van der Waals surface area contributed by atoms with E-state index in [4.69, 9.17) is 15.7 Å². The van der Waals surface area contributed by atoms with Crippen LogP contribution in [0.25, 0.3) is 0 Å². The molecule has 1 unspecified atom stereocenters. The van der Waals surface area contributed by atoms with Gasteiger partial charge in [-0.2, -0.15) is 5.26 Å². The molecule has 0 aliphatic rings. The Morgan fingerprint density at radius 3 is 2.75 bits per heavy atom. The highest BCUT2D eigenvalue weighted by atomic mass is 79.9. The smallest absolute Gasteiger partial charge is 0.119 e. The lowest BCUT2D eigenvalue weighted by Crippen LogP contribution is -2.18. The molecule has 0 saturated carbocycles. The molecule has 1 aromatic carbocycles. The largest absolute Gasteiger partial charge is 0.494 e. The van der Waals surface area contributed by atoms with Crippen molar-refractivity contribution in [1.82, 2.24) is 0 Å². The number of halogens is 1. The third kappa shape index (κ3) is 5.94. The molecule has 1 rings (SSSR count). The van der Waals surface area contributed by atoms with Crippen molar-refractivity contribution in [3.63, 3.8) is 0 Å². The highest BCUT2D eigenvalue weighted by molar-refractivity contribution is 9.10. The predicted molar refractivity (Wildman–Crippen MR) is 85.6 cm³/mol. The first kappa shape index (κ1) is 17.0. The minimum Gasteiger partial charge on any atom is -0.494 e. The Morgan fingerprint density at radius 1 is 1.45 bits per heavy atom. The van der Waals surface area contributed by atoms with Gasteiger partial charge in [0.25, 0.3) is 0 Å². The lowest BCUT2D eigenvalue weighted by atomic mass is 9.90. The van der Waals surface area contributed by atoms with Crippen molar-refractivity contribution >= 4 is 15.9 Å². The zero-order valence-electron chi connectivity index (χ0n) is 12.4. The Balaban J connectivity index is 2.51. The number of hydrogen-bond donors (Lipinski definition) is 1. The number of nitrogens with two attached hydrogens (primary N) is 1. The molecule has 0 heterocycles. The summed E-state index contributed by atoms with van der Waals surface area (Å²) in [7, 11) is 0. The van der Waals surface area contributed by atoms with Crippen LogP contribution in [0.4, 0.5) is 0 Å². The van der Waals surface area contributed by atoms with Crippen LogP contribution in [-0.2, 0) is 6.42 Å². The van der Waals surface area contributed by atoms with Gasteiger partial charge in [0.15, 0.2) is 0 Å². The van der Waals surface area contributed by atoms with E-state index in [-0.39, 0.29) is 11.5 Å². The van der Waals surface area contributed by atoms with Crippen molar-refractivity contribution in [3.8, 4) is 11.8 Å². The molecule has 20 heavy (non-hydrogen) atoms. The summed E-state index contributed by atoms with van der Waals surface area (Å²) in [4.78, 5) is 0. The average Bonchev–Trinajstić information content (AvgIpc) is 2.38. The maximum Gasteiger partial charge on any atom is 0.119 e. The van der Waals surface area contributed by atoms with Gasteiger partial charge in [0.05, 0.1) is 18.1 Å². The Morgan fingerprint density at radius 2 is 2.15 bits per heavy atom. The van der Waals surface area contributed by atoms with Crippen molar-refractivity contribution in [3.05, 3.63) is 28.2 Å². The molecule has 0 spiro atoms. The Labute approximate surface area is 130 Å². The molecule has 0 fully saturated rings. The molecule has 1 atom stereocenters. The van der Waals surface area contributed by atoms with Crippen LogP contribution in [0.3, 0.4) is 0 Å². The third-order valence-electron chi connectivity index (χ3n) is 3.08. The summed E-state index contributed by atoms with van der Waals surface area (Å²) >= 11 is 3.53. The third-order valence-corrected chi connectivity index (χ3v) is 3.85. The molecule has 1 aromatic rings. The first-order valence-electron chi connectivity index (χ1n) is 6.92. The SMILES string of the molecule is CC(N)Cc1cc(OCCCC(C)(C)C#N)ccc1Br. The fraction of sp³-hybridized carbons (Fsp3) is 0.562. The van der Waals surface area contributed by atoms with Crippen LogP contribution in [0.15, 0.2) is 22.7 Å². The standard InChI is InChI=1S/C16H23BrN2O/c1-12(19)9-13-10-14(5-6-15(13)17)20-8-4-7-16(2,3)11-18/h5-6,10,12H,4,7-9,19H2,1-3H3. The van der Waals surface area contributed by atoms with Gasteiger partial charge >= 0.3 is 0 Å². The van der Waals surface area contributed by atoms with Gasteiger partial charge in [-0.15, -0.1) is 0 Å². The molecule has 0 amide bonds. The van der Waals surface area contributed by atoms with Gasteiger partial charge < -0.3 is 10.5 Å². The van der Waals surface area contributed by atoms with Gasteiger partial charge in [0, 0.05) is 10.5 Å². The van der Waals surface area contributed by atoms with E-state index in [0.29, 0.717) is 6.61 Å². The first-order chi connectivity index (χ1) is 9.34. The number of nitrogens with zero attached hydrogens (tertiary/aromatic N) is 1. The van der Waals surface area contributed by atoms with Gasteiger partial charge in [-0.1, -0.05) is 15.9 Å². The van der Waals surface area contributed by atoms with E-state index >= 15 is 0 Å². The van der Waals surface area contributed by atoms with E-state index < -0.39 is 0 Å². The monoisotopic (exact) mass is 338 g/mol. The highest BCUT2D eigenvalue weighted by Crippen LogP contribution is 2.25. The zero-order valence-corrected chi connectivity index (χ0v) is 14.0. The van der Waals surface area contributed by atoms with Crippen LogP contribution >= 0.6 is 15.9 Å². The van der Waals surface area contributed by atoms with Gasteiger partial charge in [0.1, 0.15) is 5.75 Å². The van der Waals surface area contributed by atoms with E-state index in [9.17, 15) is 0 Å². The summed E-state index contributed by atoms with van der Waals surface area (Å²) in [6.07, 6.45) is 2.53. The van der Waals surface area contributed by atoms with Gasteiger partial charge in [-0.05, 0) is 63.8 Å². The van der Waals surface area contributed by atoms with Gasteiger partial charge in [-0.25, -0.2) is 0 Å². The van der Waals surface area contributed by atoms with E-state index in [1.807, 2.05) is 39.0 Å². The fourth-order valence-electron chi connectivity index (χ4n) is 1.90. The molecular formula is C16H23BrN2O. The normalized spacial score (nSPS) is 12.8. The zero-order chi connectivity index (χ0) is 15.2. The number of nitriles is 1. The van der Waals surface area contributed by atoms with E-state index in [2.05, 4.69) is 22.0 Å². The lowest BCUT2D eigenvalue weighted by molar-refractivity contribution is 0.284. The Bertz CT molecular complexity index is 478. The van der Waals surface area contributed by atoms with Crippen LogP contribution in [0.5, 0.6) is 5.75 Å². The average molecular weight is 339 g/mol. The number of benzene rings is 1. The molecule has 2 N–H and O–H groups in total. The van der Waals surface area contributed by atoms with Crippen LogP contribution < -0.4 is 10.5 Å². The summed E-state index contributed by atoms with van der Waals surface area (Å²) < 4.78 is 6.81. The summed E-state index contributed by atoms with van der Waals surface area (Å²) in [6, 6.07) is 8.40. The maximum atomic E-state index is 8.95. The van der Waals surface area contributed by atoms with Crippen LogP contribution in [-0.4, -0.2) is 12.6 Å². The van der Waals surface area contributed by atoms with Crippen LogP contribution in [0, 0.1) is 16.7 Å². The maximum absolute atomic E-state index is 8.95. The van der Waals surface area contributed by atoms with E-state index in [1.165, 1.54) is 0 Å².